The zero-order valence-electron chi connectivity index (χ0n) is 12.6. The van der Waals surface area contributed by atoms with Crippen LogP contribution in [0, 0.1) is 6.92 Å². The van der Waals surface area contributed by atoms with Crippen LogP contribution in [0.1, 0.15) is 22.7 Å². The van der Waals surface area contributed by atoms with Crippen molar-refractivity contribution in [1.29, 1.82) is 0 Å². The van der Waals surface area contributed by atoms with Gasteiger partial charge in [0.2, 0.25) is 0 Å². The van der Waals surface area contributed by atoms with Crippen molar-refractivity contribution in [3.8, 4) is 0 Å². The summed E-state index contributed by atoms with van der Waals surface area (Å²) < 4.78 is 5.84. The van der Waals surface area contributed by atoms with E-state index in [4.69, 9.17) is 4.74 Å². The zero-order valence-corrected chi connectivity index (χ0v) is 13.4. The number of H-pyrrole nitrogens is 1. The first kappa shape index (κ1) is 15.3. The Balaban J connectivity index is 1.52. The molecule has 1 aliphatic heterocycles. The Hall–Kier alpha value is -1.57. The number of hydrogen-bond donors (Lipinski definition) is 1. The minimum atomic E-state index is -0.100. The molecule has 0 saturated carbocycles. The molecule has 1 N–H and O–H groups in total. The third kappa shape index (κ3) is 4.00. The van der Waals surface area contributed by atoms with Crippen LogP contribution >= 0.6 is 11.3 Å². The van der Waals surface area contributed by atoms with E-state index in [1.807, 2.05) is 5.51 Å². The maximum absolute atomic E-state index is 11.3. The SMILES string of the molecule is Cc1ncsc1CN1CCOC(CCc2cc(=O)[nH]cn2)C1. The summed E-state index contributed by atoms with van der Waals surface area (Å²) in [7, 11) is 0. The molecule has 2 aromatic heterocycles. The van der Waals surface area contributed by atoms with E-state index >= 15 is 0 Å². The van der Waals surface area contributed by atoms with E-state index in [9.17, 15) is 4.79 Å². The van der Waals surface area contributed by atoms with Gasteiger partial charge in [0.05, 0.1) is 30.2 Å². The van der Waals surface area contributed by atoms with Crippen LogP contribution in [-0.2, 0) is 17.7 Å². The second kappa shape index (κ2) is 7.13. The molecular weight excluding hydrogens is 300 g/mol. The predicted octanol–water partition coefficient (Wildman–Crippen LogP) is 1.37. The highest BCUT2D eigenvalue weighted by Gasteiger charge is 2.21. The molecule has 0 amide bonds. The summed E-state index contributed by atoms with van der Waals surface area (Å²) in [4.78, 5) is 26.0. The zero-order chi connectivity index (χ0) is 15.4. The fourth-order valence-electron chi connectivity index (χ4n) is 2.63. The smallest absolute Gasteiger partial charge is 0.250 e. The molecule has 1 aliphatic rings. The predicted molar refractivity (Wildman–Crippen MR) is 85.0 cm³/mol. The molecule has 3 heterocycles. The van der Waals surface area contributed by atoms with Crippen LogP contribution in [0.25, 0.3) is 0 Å². The monoisotopic (exact) mass is 320 g/mol. The molecule has 118 valence electrons. The van der Waals surface area contributed by atoms with Gasteiger partial charge in [-0.2, -0.15) is 0 Å². The van der Waals surface area contributed by atoms with Crippen LogP contribution in [0.2, 0.25) is 0 Å². The van der Waals surface area contributed by atoms with E-state index < -0.39 is 0 Å². The number of nitrogens with one attached hydrogen (secondary N) is 1. The van der Waals surface area contributed by atoms with Gasteiger partial charge in [0.15, 0.2) is 0 Å². The number of aromatic amines is 1. The molecule has 1 atom stereocenters. The minimum Gasteiger partial charge on any atom is -0.376 e. The number of morpholine rings is 1. The lowest BCUT2D eigenvalue weighted by molar-refractivity contribution is -0.0344. The molecule has 22 heavy (non-hydrogen) atoms. The van der Waals surface area contributed by atoms with Gasteiger partial charge in [-0.3, -0.25) is 9.69 Å². The Morgan fingerprint density at radius 3 is 3.18 bits per heavy atom. The molecule has 0 aliphatic carbocycles. The number of thiazole rings is 1. The lowest BCUT2D eigenvalue weighted by atomic mass is 10.1. The highest BCUT2D eigenvalue weighted by molar-refractivity contribution is 7.09. The summed E-state index contributed by atoms with van der Waals surface area (Å²) in [6.07, 6.45) is 3.30. The summed E-state index contributed by atoms with van der Waals surface area (Å²) in [6, 6.07) is 1.56. The van der Waals surface area contributed by atoms with E-state index in [-0.39, 0.29) is 11.7 Å². The van der Waals surface area contributed by atoms with Gasteiger partial charge in [-0.05, 0) is 19.8 Å². The number of aromatic nitrogens is 3. The van der Waals surface area contributed by atoms with E-state index in [1.165, 1.54) is 11.2 Å². The Kier molecular flexibility index (Phi) is 4.97. The van der Waals surface area contributed by atoms with Crippen LogP contribution in [0.15, 0.2) is 22.7 Å². The van der Waals surface area contributed by atoms with Crippen molar-refractivity contribution in [2.24, 2.45) is 0 Å². The second-order valence-corrected chi connectivity index (χ2v) is 6.47. The van der Waals surface area contributed by atoms with Crippen molar-refractivity contribution in [3.05, 3.63) is 44.5 Å². The van der Waals surface area contributed by atoms with Gasteiger partial charge in [0, 0.05) is 36.3 Å². The fourth-order valence-corrected chi connectivity index (χ4v) is 3.45. The van der Waals surface area contributed by atoms with Crippen LogP contribution in [0.3, 0.4) is 0 Å². The van der Waals surface area contributed by atoms with Gasteiger partial charge in [-0.25, -0.2) is 9.97 Å². The van der Waals surface area contributed by atoms with Gasteiger partial charge < -0.3 is 9.72 Å². The third-order valence-electron chi connectivity index (χ3n) is 3.89. The van der Waals surface area contributed by atoms with E-state index in [0.717, 1.165) is 50.5 Å². The summed E-state index contributed by atoms with van der Waals surface area (Å²) in [5, 5.41) is 0. The molecular formula is C15H20N4O2S. The van der Waals surface area contributed by atoms with Crippen LogP contribution in [0.5, 0.6) is 0 Å². The van der Waals surface area contributed by atoms with Gasteiger partial charge in [-0.1, -0.05) is 0 Å². The highest BCUT2D eigenvalue weighted by Crippen LogP contribution is 2.18. The minimum absolute atomic E-state index is 0.100. The maximum atomic E-state index is 11.3. The summed E-state index contributed by atoms with van der Waals surface area (Å²) >= 11 is 1.71. The van der Waals surface area contributed by atoms with Crippen molar-refractivity contribution >= 4 is 11.3 Å². The summed E-state index contributed by atoms with van der Waals surface area (Å²) in [5.74, 6) is 0. The lowest BCUT2D eigenvalue weighted by Gasteiger charge is -2.32. The average molecular weight is 320 g/mol. The number of aryl methyl sites for hydroxylation is 2. The Morgan fingerprint density at radius 2 is 2.41 bits per heavy atom. The second-order valence-electron chi connectivity index (χ2n) is 5.53. The van der Waals surface area contributed by atoms with Crippen LogP contribution < -0.4 is 5.56 Å². The molecule has 7 heteroatoms. The normalized spacial score (nSPS) is 19.4. The summed E-state index contributed by atoms with van der Waals surface area (Å²) in [6.45, 7) is 5.63. The van der Waals surface area contributed by atoms with E-state index in [2.05, 4.69) is 26.8 Å². The molecule has 0 aromatic carbocycles. The van der Waals surface area contributed by atoms with Crippen molar-refractivity contribution in [1.82, 2.24) is 19.9 Å². The molecule has 3 rings (SSSR count). The van der Waals surface area contributed by atoms with Gasteiger partial charge in [0.25, 0.3) is 5.56 Å². The molecule has 0 bridgehead atoms. The maximum Gasteiger partial charge on any atom is 0.250 e. The number of ether oxygens (including phenoxy) is 1. The Labute approximate surface area is 133 Å². The van der Waals surface area contributed by atoms with Crippen LogP contribution in [0.4, 0.5) is 0 Å². The van der Waals surface area contributed by atoms with Crippen molar-refractivity contribution in [3.63, 3.8) is 0 Å². The number of hydrogen-bond acceptors (Lipinski definition) is 6. The first-order valence-electron chi connectivity index (χ1n) is 7.47. The topological polar surface area (TPSA) is 71.1 Å². The fraction of sp³-hybridized carbons (Fsp3) is 0.533. The van der Waals surface area contributed by atoms with Gasteiger partial charge in [-0.15, -0.1) is 11.3 Å². The van der Waals surface area contributed by atoms with Crippen molar-refractivity contribution in [2.45, 2.75) is 32.4 Å². The molecule has 1 fully saturated rings. The van der Waals surface area contributed by atoms with Crippen molar-refractivity contribution in [2.75, 3.05) is 19.7 Å². The van der Waals surface area contributed by atoms with Gasteiger partial charge in [0.1, 0.15) is 0 Å². The Morgan fingerprint density at radius 1 is 1.50 bits per heavy atom. The molecule has 1 saturated heterocycles. The molecule has 0 radical (unpaired) electrons. The summed E-state index contributed by atoms with van der Waals surface area (Å²) in [5.41, 5.74) is 3.75. The van der Waals surface area contributed by atoms with E-state index in [1.54, 1.807) is 17.4 Å². The molecule has 1 unspecified atom stereocenters. The van der Waals surface area contributed by atoms with Gasteiger partial charge >= 0.3 is 0 Å². The Bertz CT molecular complexity index is 669. The highest BCUT2D eigenvalue weighted by atomic mass is 32.1. The average Bonchev–Trinajstić information content (AvgIpc) is 2.91. The number of rotatable bonds is 5. The largest absolute Gasteiger partial charge is 0.376 e. The van der Waals surface area contributed by atoms with Crippen molar-refractivity contribution < 1.29 is 4.74 Å². The molecule has 2 aromatic rings. The van der Waals surface area contributed by atoms with E-state index in [0.29, 0.717) is 0 Å². The quantitative estimate of drug-likeness (QED) is 0.901. The number of nitrogens with zero attached hydrogens (tertiary/aromatic N) is 3. The first-order valence-corrected chi connectivity index (χ1v) is 8.35. The van der Waals surface area contributed by atoms with Crippen LogP contribution in [-0.4, -0.2) is 45.7 Å². The molecule has 0 spiro atoms. The first-order chi connectivity index (χ1) is 10.7. The lowest BCUT2D eigenvalue weighted by Crippen LogP contribution is -2.42. The third-order valence-corrected chi connectivity index (χ3v) is 4.81. The standard InChI is InChI=1S/C15H20N4O2S/c1-11-14(22-10-18-11)8-19-4-5-21-13(7-19)3-2-12-6-15(20)17-9-16-12/h6,9-10,13H,2-5,7-8H2,1H3,(H,16,17,20). The molecule has 6 nitrogen and oxygen atoms in total.